The van der Waals surface area contributed by atoms with E-state index in [0.29, 0.717) is 0 Å². The third-order valence-electron chi connectivity index (χ3n) is 2.75. The van der Waals surface area contributed by atoms with Crippen molar-refractivity contribution in [1.29, 1.82) is 0 Å². The predicted octanol–water partition coefficient (Wildman–Crippen LogP) is 0.310. The van der Waals surface area contributed by atoms with Gasteiger partial charge < -0.3 is 14.6 Å². The van der Waals surface area contributed by atoms with E-state index >= 15 is 0 Å². The Balaban J connectivity index is 2.34. The van der Waals surface area contributed by atoms with Gasteiger partial charge in [-0.05, 0) is 0 Å². The van der Waals surface area contributed by atoms with Crippen LogP contribution in [0.5, 0.6) is 0 Å². The van der Waals surface area contributed by atoms with Crippen LogP contribution >= 0.6 is 0 Å². The van der Waals surface area contributed by atoms with Gasteiger partial charge in [-0.1, -0.05) is 13.8 Å². The van der Waals surface area contributed by atoms with E-state index in [1.165, 1.54) is 0 Å². The van der Waals surface area contributed by atoms with Gasteiger partial charge in [-0.15, -0.1) is 0 Å². The van der Waals surface area contributed by atoms with Crippen LogP contribution in [0.15, 0.2) is 0 Å². The third-order valence-corrected chi connectivity index (χ3v) is 2.75. The maximum atomic E-state index is 9.12. The Morgan fingerprint density at radius 1 is 1.29 bits per heavy atom. The van der Waals surface area contributed by atoms with Crippen LogP contribution in [0.1, 0.15) is 13.8 Å². The quantitative estimate of drug-likeness (QED) is 0.653. The van der Waals surface area contributed by atoms with Crippen LogP contribution in [-0.4, -0.2) is 56.3 Å². The van der Waals surface area contributed by atoms with Crippen LogP contribution in [0.3, 0.4) is 0 Å². The second-order valence-electron chi connectivity index (χ2n) is 4.79. The van der Waals surface area contributed by atoms with Crippen LogP contribution in [0.2, 0.25) is 0 Å². The number of hydrogen-bond acceptors (Lipinski definition) is 4. The molecule has 14 heavy (non-hydrogen) atoms. The van der Waals surface area contributed by atoms with Gasteiger partial charge in [0.25, 0.3) is 0 Å². The smallest absolute Gasteiger partial charge is 0.193 e. The van der Waals surface area contributed by atoms with Gasteiger partial charge in [-0.2, -0.15) is 0 Å². The molecule has 84 valence electrons. The van der Waals surface area contributed by atoms with Crippen molar-refractivity contribution in [3.8, 4) is 0 Å². The number of aliphatic hydroxyl groups is 1. The second kappa shape index (κ2) is 4.14. The summed E-state index contributed by atoms with van der Waals surface area (Å²) >= 11 is 0. The molecule has 1 aliphatic heterocycles. The minimum atomic E-state index is -0.411. The zero-order chi connectivity index (χ0) is 10.8. The number of nitrogens with zero attached hydrogens (tertiary/aromatic N) is 1. The largest absolute Gasteiger partial charge is 0.396 e. The fraction of sp³-hybridized carbons (Fsp3) is 1.00. The minimum Gasteiger partial charge on any atom is -0.396 e. The van der Waals surface area contributed by atoms with E-state index < -0.39 is 5.79 Å². The van der Waals surface area contributed by atoms with Crippen molar-refractivity contribution in [2.24, 2.45) is 5.41 Å². The molecule has 0 aromatic rings. The normalized spacial score (nSPS) is 22.1. The maximum Gasteiger partial charge on any atom is 0.193 e. The zero-order valence-corrected chi connectivity index (χ0v) is 9.54. The molecule has 1 fully saturated rings. The summed E-state index contributed by atoms with van der Waals surface area (Å²) in [7, 11) is 3.33. The van der Waals surface area contributed by atoms with Crippen LogP contribution in [0.4, 0.5) is 0 Å². The van der Waals surface area contributed by atoms with E-state index in [-0.39, 0.29) is 12.0 Å². The van der Waals surface area contributed by atoms with Gasteiger partial charge in [0, 0.05) is 32.8 Å². The van der Waals surface area contributed by atoms with E-state index in [1.807, 2.05) is 13.8 Å². The second-order valence-corrected chi connectivity index (χ2v) is 4.79. The molecule has 0 spiro atoms. The molecule has 1 N–H and O–H groups in total. The topological polar surface area (TPSA) is 41.9 Å². The molecule has 0 aliphatic carbocycles. The van der Waals surface area contributed by atoms with E-state index in [9.17, 15) is 0 Å². The highest BCUT2D eigenvalue weighted by Crippen LogP contribution is 2.28. The molecule has 0 atom stereocenters. The van der Waals surface area contributed by atoms with Crippen molar-refractivity contribution < 1.29 is 14.6 Å². The van der Waals surface area contributed by atoms with E-state index in [2.05, 4.69) is 4.90 Å². The molecule has 1 saturated heterocycles. The average molecular weight is 203 g/mol. The summed E-state index contributed by atoms with van der Waals surface area (Å²) in [5, 5.41) is 9.12. The number of methoxy groups -OCH3 is 2. The summed E-state index contributed by atoms with van der Waals surface area (Å²) in [5.74, 6) is -0.411. The van der Waals surface area contributed by atoms with Gasteiger partial charge in [-0.25, -0.2) is 0 Å². The van der Waals surface area contributed by atoms with E-state index in [0.717, 1.165) is 19.6 Å². The summed E-state index contributed by atoms with van der Waals surface area (Å²) in [5.41, 5.74) is -0.0480. The Morgan fingerprint density at radius 2 is 1.79 bits per heavy atom. The summed E-state index contributed by atoms with van der Waals surface area (Å²) in [4.78, 5) is 2.23. The van der Waals surface area contributed by atoms with Crippen molar-refractivity contribution in [2.45, 2.75) is 19.6 Å². The van der Waals surface area contributed by atoms with E-state index in [4.69, 9.17) is 14.6 Å². The van der Waals surface area contributed by atoms with Gasteiger partial charge in [0.2, 0.25) is 0 Å². The summed E-state index contributed by atoms with van der Waals surface area (Å²) in [6, 6.07) is 0. The highest BCUT2D eigenvalue weighted by molar-refractivity contribution is 4.91. The molecule has 0 radical (unpaired) electrons. The fourth-order valence-corrected chi connectivity index (χ4v) is 1.74. The molecule has 0 aromatic carbocycles. The first-order valence-corrected chi connectivity index (χ1v) is 4.90. The lowest BCUT2D eigenvalue weighted by Gasteiger charge is -2.49. The molecule has 4 nitrogen and oxygen atoms in total. The fourth-order valence-electron chi connectivity index (χ4n) is 1.74. The minimum absolute atomic E-state index is 0.0480. The van der Waals surface area contributed by atoms with Crippen molar-refractivity contribution in [3.05, 3.63) is 0 Å². The number of ether oxygens (including phenoxy) is 2. The summed E-state index contributed by atoms with van der Waals surface area (Å²) in [6.45, 7) is 6.74. The number of rotatable bonds is 5. The molecule has 4 heteroatoms. The molecule has 0 saturated carbocycles. The summed E-state index contributed by atoms with van der Waals surface area (Å²) < 4.78 is 10.5. The number of aliphatic hydroxyl groups excluding tert-OH is 1. The van der Waals surface area contributed by atoms with Crippen molar-refractivity contribution >= 4 is 0 Å². The highest BCUT2D eigenvalue weighted by Gasteiger charge is 2.44. The molecule has 1 heterocycles. The van der Waals surface area contributed by atoms with Crippen molar-refractivity contribution in [2.75, 3.05) is 40.5 Å². The van der Waals surface area contributed by atoms with Gasteiger partial charge >= 0.3 is 0 Å². The van der Waals surface area contributed by atoms with Gasteiger partial charge in [0.15, 0.2) is 5.79 Å². The maximum absolute atomic E-state index is 9.12. The highest BCUT2D eigenvalue weighted by atomic mass is 16.7. The molecule has 0 aromatic heterocycles. The van der Waals surface area contributed by atoms with Gasteiger partial charge in [0.05, 0.1) is 13.1 Å². The van der Waals surface area contributed by atoms with Crippen molar-refractivity contribution in [3.63, 3.8) is 0 Å². The van der Waals surface area contributed by atoms with Crippen LogP contribution in [0, 0.1) is 5.41 Å². The van der Waals surface area contributed by atoms with Crippen LogP contribution in [0.25, 0.3) is 0 Å². The Hall–Kier alpha value is -0.160. The predicted molar refractivity (Wildman–Crippen MR) is 54.1 cm³/mol. The SMILES string of the molecule is COC1(OC)CN(CC(C)(C)CO)C1. The Bertz CT molecular complexity index is 182. The lowest BCUT2D eigenvalue weighted by Crippen LogP contribution is -2.65. The lowest BCUT2D eigenvalue weighted by molar-refractivity contribution is -0.278. The molecule has 0 unspecified atom stereocenters. The van der Waals surface area contributed by atoms with Gasteiger partial charge in [-0.3, -0.25) is 4.90 Å². The Kier molecular flexibility index (Phi) is 3.53. The molecule has 1 rings (SSSR count). The average Bonchev–Trinajstić information content (AvgIpc) is 2.11. The van der Waals surface area contributed by atoms with Crippen LogP contribution in [-0.2, 0) is 9.47 Å². The molecular formula is C10H21NO3. The van der Waals surface area contributed by atoms with Crippen molar-refractivity contribution in [1.82, 2.24) is 4.90 Å². The first-order valence-electron chi connectivity index (χ1n) is 4.90. The number of hydrogen-bond donors (Lipinski definition) is 1. The molecule has 0 amide bonds. The molecule has 0 bridgehead atoms. The summed E-state index contributed by atoms with van der Waals surface area (Å²) in [6.07, 6.45) is 0. The van der Waals surface area contributed by atoms with Gasteiger partial charge in [0.1, 0.15) is 0 Å². The number of likely N-dealkylation sites (tertiary alicyclic amines) is 1. The Labute approximate surface area is 85.8 Å². The zero-order valence-electron chi connectivity index (χ0n) is 9.54. The standard InChI is InChI=1S/C10H21NO3/c1-9(2,8-12)5-11-6-10(7-11,13-3)14-4/h12H,5-8H2,1-4H3. The van der Waals surface area contributed by atoms with E-state index in [1.54, 1.807) is 14.2 Å². The first-order chi connectivity index (χ1) is 6.47. The lowest BCUT2D eigenvalue weighted by atomic mass is 9.91. The Morgan fingerprint density at radius 3 is 2.14 bits per heavy atom. The van der Waals surface area contributed by atoms with Crippen LogP contribution < -0.4 is 0 Å². The third kappa shape index (κ3) is 2.45. The monoisotopic (exact) mass is 203 g/mol. The first kappa shape index (κ1) is 11.9. The molecule has 1 aliphatic rings. The molecular weight excluding hydrogens is 182 g/mol.